The normalized spacial score (nSPS) is 11.2. The molecular formula is C17H13IN4O4. The number of H-pyrrole nitrogens is 1. The van der Waals surface area contributed by atoms with Crippen molar-refractivity contribution in [2.75, 3.05) is 0 Å². The molecule has 0 amide bonds. The number of nitro groups is 1. The number of aromatic hydroxyl groups is 1. The number of nitrogens with one attached hydrogen (secondary N) is 1. The molecule has 3 aromatic rings. The standard InChI is InChI=1S/C17H13IN4O4/c1-10-14(9-19-15-7-6-13(22(25)26)8-16(15)23)17(24)21(20-10)12-4-2-11(18)3-5-12/h2-9,20,23H,1H3. The minimum absolute atomic E-state index is 0.136. The maximum Gasteiger partial charge on any atom is 0.280 e. The van der Waals surface area contributed by atoms with Gasteiger partial charge in [-0.1, -0.05) is 0 Å². The van der Waals surface area contributed by atoms with Gasteiger partial charge in [-0.05, 0) is 59.8 Å². The van der Waals surface area contributed by atoms with Crippen molar-refractivity contribution < 1.29 is 10.0 Å². The van der Waals surface area contributed by atoms with Gasteiger partial charge in [-0.25, -0.2) is 4.68 Å². The van der Waals surface area contributed by atoms with Gasteiger partial charge < -0.3 is 5.11 Å². The number of hydrogen-bond donors (Lipinski definition) is 2. The Labute approximate surface area is 161 Å². The molecule has 8 nitrogen and oxygen atoms in total. The van der Waals surface area contributed by atoms with Crippen molar-refractivity contribution in [1.29, 1.82) is 0 Å². The van der Waals surface area contributed by atoms with E-state index in [9.17, 15) is 20.0 Å². The first-order chi connectivity index (χ1) is 12.4. The molecule has 0 spiro atoms. The molecule has 2 aromatic carbocycles. The van der Waals surface area contributed by atoms with E-state index in [1.807, 2.05) is 24.3 Å². The van der Waals surface area contributed by atoms with Crippen LogP contribution in [0, 0.1) is 20.6 Å². The number of aromatic amines is 1. The summed E-state index contributed by atoms with van der Waals surface area (Å²) in [5, 5.41) is 23.5. The number of non-ortho nitro benzene ring substituents is 1. The fraction of sp³-hybridized carbons (Fsp3) is 0.0588. The molecule has 0 aliphatic carbocycles. The molecule has 0 fully saturated rings. The first-order valence-electron chi connectivity index (χ1n) is 7.46. The largest absolute Gasteiger partial charge is 0.505 e. The van der Waals surface area contributed by atoms with Crippen LogP contribution in [0.5, 0.6) is 5.75 Å². The maximum atomic E-state index is 12.6. The topological polar surface area (TPSA) is 114 Å². The highest BCUT2D eigenvalue weighted by Crippen LogP contribution is 2.30. The van der Waals surface area contributed by atoms with Gasteiger partial charge in [-0.2, -0.15) is 0 Å². The van der Waals surface area contributed by atoms with Gasteiger partial charge in [-0.3, -0.25) is 25.0 Å². The average molecular weight is 464 g/mol. The molecule has 0 unspecified atom stereocenters. The van der Waals surface area contributed by atoms with E-state index in [0.717, 1.165) is 9.64 Å². The van der Waals surface area contributed by atoms with Gasteiger partial charge in [0.15, 0.2) is 0 Å². The molecule has 0 aliphatic heterocycles. The molecule has 26 heavy (non-hydrogen) atoms. The number of halogens is 1. The summed E-state index contributed by atoms with van der Waals surface area (Å²) in [4.78, 5) is 26.8. The lowest BCUT2D eigenvalue weighted by molar-refractivity contribution is -0.384. The van der Waals surface area contributed by atoms with E-state index >= 15 is 0 Å². The van der Waals surface area contributed by atoms with Crippen molar-refractivity contribution in [1.82, 2.24) is 9.78 Å². The Morgan fingerprint density at radius 2 is 1.96 bits per heavy atom. The van der Waals surface area contributed by atoms with Crippen LogP contribution >= 0.6 is 22.6 Å². The SMILES string of the molecule is Cc1[nH]n(-c2ccc(I)cc2)c(=O)c1C=Nc1ccc([N+](=O)[O-])cc1O. The van der Waals surface area contributed by atoms with Gasteiger partial charge in [0.25, 0.3) is 11.2 Å². The van der Waals surface area contributed by atoms with E-state index in [1.54, 1.807) is 6.92 Å². The Hall–Kier alpha value is -2.95. The molecule has 3 rings (SSSR count). The minimum Gasteiger partial charge on any atom is -0.505 e. The summed E-state index contributed by atoms with van der Waals surface area (Å²) >= 11 is 2.18. The molecule has 0 saturated carbocycles. The number of phenolic OH excluding ortho intramolecular Hbond substituents is 1. The average Bonchev–Trinajstić information content (AvgIpc) is 2.89. The zero-order valence-electron chi connectivity index (χ0n) is 13.5. The van der Waals surface area contributed by atoms with Crippen LogP contribution in [0.25, 0.3) is 5.69 Å². The minimum atomic E-state index is -0.608. The Kier molecular flexibility index (Phi) is 4.89. The van der Waals surface area contributed by atoms with Gasteiger partial charge in [0.1, 0.15) is 11.4 Å². The van der Waals surface area contributed by atoms with E-state index in [1.165, 1.54) is 23.0 Å². The number of benzene rings is 2. The van der Waals surface area contributed by atoms with Gasteiger partial charge in [0.05, 0.1) is 22.2 Å². The van der Waals surface area contributed by atoms with Crippen LogP contribution in [0.1, 0.15) is 11.3 Å². The molecular weight excluding hydrogens is 451 g/mol. The maximum absolute atomic E-state index is 12.6. The van der Waals surface area contributed by atoms with Crippen LogP contribution in [0.3, 0.4) is 0 Å². The number of nitrogens with zero attached hydrogens (tertiary/aromatic N) is 3. The van der Waals surface area contributed by atoms with Crippen LogP contribution in [0.15, 0.2) is 52.3 Å². The van der Waals surface area contributed by atoms with Crippen molar-refractivity contribution >= 4 is 40.2 Å². The molecule has 0 atom stereocenters. The monoisotopic (exact) mass is 464 g/mol. The highest BCUT2D eigenvalue weighted by Gasteiger charge is 2.12. The number of aromatic nitrogens is 2. The molecule has 0 bridgehead atoms. The molecule has 1 heterocycles. The summed E-state index contributed by atoms with van der Waals surface area (Å²) in [6, 6.07) is 11.0. The fourth-order valence-corrected chi connectivity index (χ4v) is 2.71. The summed E-state index contributed by atoms with van der Waals surface area (Å²) in [5.41, 5.74) is 1.25. The van der Waals surface area contributed by atoms with E-state index in [4.69, 9.17) is 0 Å². The Morgan fingerprint density at radius 1 is 1.27 bits per heavy atom. The summed E-state index contributed by atoms with van der Waals surface area (Å²) < 4.78 is 2.46. The van der Waals surface area contributed by atoms with Crippen LogP contribution in [-0.4, -0.2) is 26.0 Å². The molecule has 0 saturated heterocycles. The Balaban J connectivity index is 1.96. The molecule has 2 N–H and O–H groups in total. The van der Waals surface area contributed by atoms with E-state index in [2.05, 4.69) is 32.7 Å². The van der Waals surface area contributed by atoms with Gasteiger partial charge in [0, 0.05) is 21.5 Å². The van der Waals surface area contributed by atoms with Crippen molar-refractivity contribution in [2.45, 2.75) is 6.92 Å². The lowest BCUT2D eigenvalue weighted by Gasteiger charge is -2.00. The number of phenols is 1. The third kappa shape index (κ3) is 3.52. The summed E-state index contributed by atoms with van der Waals surface area (Å²) in [5.74, 6) is -0.332. The first-order valence-corrected chi connectivity index (χ1v) is 8.53. The number of rotatable bonds is 4. The van der Waals surface area contributed by atoms with Crippen LogP contribution < -0.4 is 5.56 Å². The molecule has 1 aromatic heterocycles. The summed E-state index contributed by atoms with van der Waals surface area (Å²) in [6.07, 6.45) is 1.33. The van der Waals surface area contributed by atoms with E-state index in [-0.39, 0.29) is 22.7 Å². The van der Waals surface area contributed by atoms with Crippen molar-refractivity contribution in [2.24, 2.45) is 4.99 Å². The number of nitro benzene ring substituents is 1. The zero-order chi connectivity index (χ0) is 18.8. The lowest BCUT2D eigenvalue weighted by Crippen LogP contribution is -2.17. The quantitative estimate of drug-likeness (QED) is 0.267. The number of aliphatic imine (C=N–C) groups is 1. The highest BCUT2D eigenvalue weighted by molar-refractivity contribution is 14.1. The van der Waals surface area contributed by atoms with Crippen LogP contribution in [0.4, 0.5) is 11.4 Å². The van der Waals surface area contributed by atoms with Crippen molar-refractivity contribution in [3.63, 3.8) is 0 Å². The Morgan fingerprint density at radius 3 is 2.58 bits per heavy atom. The molecule has 0 radical (unpaired) electrons. The van der Waals surface area contributed by atoms with E-state index < -0.39 is 4.92 Å². The second-order valence-electron chi connectivity index (χ2n) is 5.46. The predicted octanol–water partition coefficient (Wildman–Crippen LogP) is 3.44. The third-order valence-corrected chi connectivity index (χ3v) is 4.42. The van der Waals surface area contributed by atoms with Crippen LogP contribution in [0.2, 0.25) is 0 Å². The zero-order valence-corrected chi connectivity index (χ0v) is 15.7. The number of aryl methyl sites for hydroxylation is 1. The van der Waals surface area contributed by atoms with Crippen molar-refractivity contribution in [3.05, 3.63) is 77.8 Å². The van der Waals surface area contributed by atoms with Gasteiger partial charge in [0.2, 0.25) is 0 Å². The second-order valence-corrected chi connectivity index (χ2v) is 6.70. The first kappa shape index (κ1) is 17.9. The van der Waals surface area contributed by atoms with Gasteiger partial charge in [-0.15, -0.1) is 0 Å². The number of hydrogen-bond acceptors (Lipinski definition) is 5. The lowest BCUT2D eigenvalue weighted by atomic mass is 10.2. The van der Waals surface area contributed by atoms with Crippen molar-refractivity contribution in [3.8, 4) is 11.4 Å². The molecule has 132 valence electrons. The smallest absolute Gasteiger partial charge is 0.280 e. The second kappa shape index (κ2) is 7.12. The third-order valence-electron chi connectivity index (χ3n) is 3.70. The summed E-state index contributed by atoms with van der Waals surface area (Å²) in [6.45, 7) is 1.74. The summed E-state index contributed by atoms with van der Waals surface area (Å²) in [7, 11) is 0. The predicted molar refractivity (Wildman–Crippen MR) is 106 cm³/mol. The van der Waals surface area contributed by atoms with Crippen LogP contribution in [-0.2, 0) is 0 Å². The van der Waals surface area contributed by atoms with E-state index in [0.29, 0.717) is 16.9 Å². The van der Waals surface area contributed by atoms with Gasteiger partial charge >= 0.3 is 0 Å². The fourth-order valence-electron chi connectivity index (χ4n) is 2.35. The Bertz CT molecular complexity index is 1070. The molecule has 9 heteroatoms. The highest BCUT2D eigenvalue weighted by atomic mass is 127. The molecule has 0 aliphatic rings.